The summed E-state index contributed by atoms with van der Waals surface area (Å²) in [6.07, 6.45) is 7.15. The van der Waals surface area contributed by atoms with E-state index >= 15 is 0 Å². The Morgan fingerprint density at radius 2 is 1.83 bits per heavy atom. The standard InChI is InChI=1S/C31H55N7O7S2/c1-10-15-33-26(41)23(39)27(46-19-11-2)36-25(40)21-14-12-18-38(21)28(42)24(31(6,7)8)35-29(43)34-22(30(3,4)5)20-37(47(44)45)17-13-16-32-9/h2,10,21-22,24,27-28,32,42H,1,12-20H2,3-9H3,(H,33,41)(H,36,40)(H,44,45)(H2,34,35,43)/p+2/t21-,22+,24+,27?,28?/m0/s1. The minimum absolute atomic E-state index is 0.0764. The number of nitrogens with two attached hydrogens (primary N) is 1. The number of aliphatic hydroxyl groups is 1. The molecular weight excluding hydrogens is 647 g/mol. The van der Waals surface area contributed by atoms with Crippen LogP contribution in [0.2, 0.25) is 0 Å². The van der Waals surface area contributed by atoms with Crippen molar-refractivity contribution in [3.63, 3.8) is 0 Å². The molecule has 4 amide bonds. The zero-order valence-electron chi connectivity index (χ0n) is 28.9. The fourth-order valence-electron chi connectivity index (χ4n) is 5.04. The van der Waals surface area contributed by atoms with Gasteiger partial charge in [-0.2, -0.15) is 4.55 Å². The predicted molar refractivity (Wildman–Crippen MR) is 186 cm³/mol. The number of carbonyl (C=O) groups excluding carboxylic acids is 4. The predicted octanol–water partition coefficient (Wildman–Crippen LogP) is -0.453. The van der Waals surface area contributed by atoms with Crippen molar-refractivity contribution in [1.82, 2.24) is 30.5 Å². The molecule has 1 saturated heterocycles. The van der Waals surface area contributed by atoms with Gasteiger partial charge in [0, 0.05) is 19.5 Å². The van der Waals surface area contributed by atoms with E-state index in [4.69, 9.17) is 6.42 Å². The average molecular weight is 704 g/mol. The summed E-state index contributed by atoms with van der Waals surface area (Å²) in [5.41, 5.74) is -1.14. The van der Waals surface area contributed by atoms with Gasteiger partial charge in [0.1, 0.15) is 11.6 Å². The first kappa shape index (κ1) is 42.5. The molecule has 268 valence electrons. The first-order valence-electron chi connectivity index (χ1n) is 15.9. The molecule has 0 aromatic carbocycles. The lowest BCUT2D eigenvalue weighted by Gasteiger charge is -2.41. The summed E-state index contributed by atoms with van der Waals surface area (Å²) >= 11 is -1.68. The number of thioether (sulfide) groups is 1. The van der Waals surface area contributed by atoms with Gasteiger partial charge >= 0.3 is 6.03 Å². The highest BCUT2D eigenvalue weighted by Crippen LogP contribution is 2.29. The van der Waals surface area contributed by atoms with Gasteiger partial charge in [-0.25, -0.2) is 4.79 Å². The molecule has 47 heavy (non-hydrogen) atoms. The molecule has 1 heterocycles. The van der Waals surface area contributed by atoms with E-state index in [1.54, 1.807) is 4.90 Å². The summed E-state index contributed by atoms with van der Waals surface area (Å²) in [6, 6.07) is -2.77. The van der Waals surface area contributed by atoms with Crippen LogP contribution < -0.4 is 26.6 Å². The molecule has 0 saturated carbocycles. The van der Waals surface area contributed by atoms with E-state index in [9.17, 15) is 33.0 Å². The summed E-state index contributed by atoms with van der Waals surface area (Å²) < 4.78 is 23.5. The van der Waals surface area contributed by atoms with Gasteiger partial charge in [-0.1, -0.05) is 57.8 Å². The molecule has 1 fully saturated rings. The Hall–Kier alpha value is -2.52. The zero-order valence-corrected chi connectivity index (χ0v) is 30.6. The van der Waals surface area contributed by atoms with Gasteiger partial charge in [0.25, 0.3) is 23.0 Å². The Kier molecular flexibility index (Phi) is 18.2. The molecule has 1 rings (SSSR count). The fourth-order valence-corrected chi connectivity index (χ4v) is 6.38. The van der Waals surface area contributed by atoms with Crippen LogP contribution in [-0.2, 0) is 29.9 Å². The lowest BCUT2D eigenvalue weighted by atomic mass is 9.84. The molecule has 0 aromatic rings. The van der Waals surface area contributed by atoms with Crippen molar-refractivity contribution in [2.45, 2.75) is 90.5 Å². The highest BCUT2D eigenvalue weighted by molar-refractivity contribution is 8.00. The monoisotopic (exact) mass is 703 g/mol. The largest absolute Gasteiger partial charge is 0.376 e. The van der Waals surface area contributed by atoms with Crippen LogP contribution in [0.4, 0.5) is 4.79 Å². The molecule has 0 radical (unpaired) electrons. The van der Waals surface area contributed by atoms with E-state index in [2.05, 4.69) is 33.8 Å². The van der Waals surface area contributed by atoms with E-state index in [-0.39, 0.29) is 18.8 Å². The molecule has 1 aliphatic rings. The smallest absolute Gasteiger partial charge is 0.315 e. The Morgan fingerprint density at radius 1 is 1.17 bits per heavy atom. The van der Waals surface area contributed by atoms with Gasteiger partial charge in [0.15, 0.2) is 0 Å². The number of amides is 4. The van der Waals surface area contributed by atoms with Crippen LogP contribution in [0.25, 0.3) is 0 Å². The van der Waals surface area contributed by atoms with E-state index in [0.29, 0.717) is 32.4 Å². The third kappa shape index (κ3) is 14.2. The number of urea groups is 1. The molecular formula is C31H57N7O7S2+2. The number of nitrogens with zero attached hydrogens (tertiary/aromatic N) is 2. The number of nitrogens with one attached hydrogen (secondary N) is 4. The molecule has 8 N–H and O–H groups in total. The van der Waals surface area contributed by atoms with E-state index < -0.39 is 75.5 Å². The molecule has 6 atom stereocenters. The van der Waals surface area contributed by atoms with Crippen LogP contribution in [-0.4, -0.2) is 118 Å². The maximum atomic E-state index is 13.5. The van der Waals surface area contributed by atoms with Crippen molar-refractivity contribution >= 4 is 46.7 Å². The molecule has 3 unspecified atom stereocenters. The minimum atomic E-state index is -2.61. The Balaban J connectivity index is 3.15. The number of aliphatic hydroxyl groups excluding tert-OH is 1. The van der Waals surface area contributed by atoms with Crippen LogP contribution in [0.15, 0.2) is 12.7 Å². The fraction of sp³-hybridized carbons (Fsp3) is 0.742. The second kappa shape index (κ2) is 20.1. The number of thiol groups is 1. The van der Waals surface area contributed by atoms with E-state index in [1.807, 2.05) is 53.9 Å². The van der Waals surface area contributed by atoms with E-state index in [0.717, 1.165) is 18.3 Å². The Bertz CT molecular complexity index is 1140. The van der Waals surface area contributed by atoms with Crippen molar-refractivity contribution < 1.29 is 38.4 Å². The zero-order chi connectivity index (χ0) is 35.9. The second-order valence-corrected chi connectivity index (χ2v) is 15.8. The van der Waals surface area contributed by atoms with Gasteiger partial charge in [-0.15, -0.1) is 24.8 Å². The highest BCUT2D eigenvalue weighted by atomic mass is 32.2. The van der Waals surface area contributed by atoms with Crippen molar-refractivity contribution in [1.29, 1.82) is 0 Å². The first-order chi connectivity index (χ1) is 21.9. The number of ketones is 1. The topological polar surface area (TPSA) is 197 Å². The van der Waals surface area contributed by atoms with Crippen LogP contribution in [0, 0.1) is 23.2 Å². The van der Waals surface area contributed by atoms with Gasteiger partial charge < -0.3 is 31.7 Å². The number of terminal acetylenes is 1. The summed E-state index contributed by atoms with van der Waals surface area (Å²) in [7, 11) is 1.93. The van der Waals surface area contributed by atoms with Crippen molar-refractivity contribution in [2.24, 2.45) is 10.8 Å². The van der Waals surface area contributed by atoms with Crippen molar-refractivity contribution in [3.8, 4) is 12.3 Å². The normalized spacial score (nSPS) is 18.7. The second-order valence-electron chi connectivity index (χ2n) is 13.7. The van der Waals surface area contributed by atoms with E-state index in [1.165, 1.54) is 10.4 Å². The average Bonchev–Trinajstić information content (AvgIpc) is 3.48. The van der Waals surface area contributed by atoms with Crippen LogP contribution >= 0.6 is 11.8 Å². The Morgan fingerprint density at radius 3 is 2.36 bits per heavy atom. The molecule has 16 heteroatoms. The quantitative estimate of drug-likeness (QED) is 0.0177. The first-order valence-corrected chi connectivity index (χ1v) is 18.1. The molecule has 0 aliphatic carbocycles. The van der Waals surface area contributed by atoms with Gasteiger partial charge in [0.2, 0.25) is 5.91 Å². The molecule has 0 spiro atoms. The molecule has 0 aromatic heterocycles. The lowest BCUT2D eigenvalue weighted by molar-refractivity contribution is -0.627. The number of rotatable bonds is 19. The third-order valence-electron chi connectivity index (χ3n) is 7.82. The van der Waals surface area contributed by atoms with Gasteiger partial charge in [0.05, 0.1) is 50.6 Å². The maximum Gasteiger partial charge on any atom is 0.315 e. The van der Waals surface area contributed by atoms with Crippen LogP contribution in [0.5, 0.6) is 0 Å². The molecule has 1 aliphatic heterocycles. The summed E-state index contributed by atoms with van der Waals surface area (Å²) in [6.45, 7) is 16.6. The summed E-state index contributed by atoms with van der Waals surface area (Å²) in [5.74, 6) is 0.169. The highest BCUT2D eigenvalue weighted by Gasteiger charge is 2.44. The third-order valence-corrected chi connectivity index (χ3v) is 9.67. The molecule has 14 nitrogen and oxygen atoms in total. The number of likely N-dealkylation sites (tertiary alicyclic amines) is 1. The number of quaternary nitrogens is 1. The minimum Gasteiger partial charge on any atom is -0.376 e. The van der Waals surface area contributed by atoms with Crippen molar-refractivity contribution in [2.75, 3.05) is 45.5 Å². The number of carbonyl (C=O) groups is 4. The maximum absolute atomic E-state index is 13.5. The van der Waals surface area contributed by atoms with Crippen molar-refractivity contribution in [3.05, 3.63) is 12.7 Å². The van der Waals surface area contributed by atoms with Crippen LogP contribution in [0.1, 0.15) is 60.8 Å². The summed E-state index contributed by atoms with van der Waals surface area (Å²) in [4.78, 5) is 53.7. The number of hydrogen-bond donors (Lipinski definition) is 7. The van der Waals surface area contributed by atoms with Gasteiger partial charge in [-0.05, 0) is 27.9 Å². The number of Topliss-reactive ketones (excluding diaryl/α,β-unsaturated/α-hetero) is 1. The summed E-state index contributed by atoms with van der Waals surface area (Å²) in [5, 5.41) is 23.3. The molecule has 0 bridgehead atoms. The van der Waals surface area contributed by atoms with Crippen LogP contribution in [0.3, 0.4) is 0 Å². The Labute approximate surface area is 286 Å². The number of hydrogen-bond acceptors (Lipinski definition) is 8. The SMILES string of the molecule is C#CCSC(NC(=O)[C@@H]1CCCN1C(O)[C@@H](NC(=O)N[C@H](CN(CCC[NH2+]C)[SH+](=O)O)C(C)(C)C)C(C)(C)C)C(=O)C(=O)NCC=C. The lowest BCUT2D eigenvalue weighted by Crippen LogP contribution is -2.79. The van der Waals surface area contributed by atoms with Gasteiger partial charge in [-0.3, -0.25) is 19.3 Å².